The van der Waals surface area contributed by atoms with Gasteiger partial charge in [-0.25, -0.2) is 0 Å². The van der Waals surface area contributed by atoms with E-state index in [0.29, 0.717) is 31.6 Å². The van der Waals surface area contributed by atoms with Crippen LogP contribution in [0.3, 0.4) is 0 Å². The van der Waals surface area contributed by atoms with Gasteiger partial charge in [0.05, 0.1) is 0 Å². The zero-order valence-electron chi connectivity index (χ0n) is 14.8. The minimum absolute atomic E-state index is 0.378. The van der Waals surface area contributed by atoms with Crippen LogP contribution in [0.15, 0.2) is 30.3 Å². The lowest BCUT2D eigenvalue weighted by atomic mass is 9.95. The summed E-state index contributed by atoms with van der Waals surface area (Å²) in [5, 5.41) is 0. The van der Waals surface area contributed by atoms with Crippen LogP contribution in [-0.2, 0) is 16.8 Å². The summed E-state index contributed by atoms with van der Waals surface area (Å²) in [7, 11) is -1.71. The van der Waals surface area contributed by atoms with E-state index in [-0.39, 0.29) is 0 Å². The van der Waals surface area contributed by atoms with Crippen molar-refractivity contribution < 1.29 is 8.42 Å². The third kappa shape index (κ3) is 3.82. The van der Waals surface area contributed by atoms with Gasteiger partial charge in [-0.2, -0.15) is 17.0 Å². The maximum atomic E-state index is 13.1. The molecule has 3 saturated heterocycles. The van der Waals surface area contributed by atoms with E-state index in [4.69, 9.17) is 0 Å². The van der Waals surface area contributed by atoms with Gasteiger partial charge in [0.2, 0.25) is 0 Å². The zero-order chi connectivity index (χ0) is 17.2. The normalized spacial score (nSPS) is 26.0. The van der Waals surface area contributed by atoms with Gasteiger partial charge in [-0.15, -0.1) is 0 Å². The first-order valence-corrected chi connectivity index (χ1v) is 10.4. The molecule has 0 spiro atoms. The zero-order valence-corrected chi connectivity index (χ0v) is 15.6. The van der Waals surface area contributed by atoms with E-state index in [0.717, 1.165) is 37.9 Å². The predicted octanol–water partition coefficient (Wildman–Crippen LogP) is 2.17. The minimum Gasteiger partial charge on any atom is -0.299 e. The Labute approximate surface area is 146 Å². The summed E-state index contributed by atoms with van der Waals surface area (Å²) in [4.78, 5) is 2.50. The molecule has 0 aliphatic carbocycles. The summed E-state index contributed by atoms with van der Waals surface area (Å²) < 4.78 is 29.3. The molecule has 2 atom stereocenters. The van der Waals surface area contributed by atoms with Crippen LogP contribution in [0.5, 0.6) is 0 Å². The highest BCUT2D eigenvalue weighted by atomic mass is 32.2. The molecule has 2 bridgehead atoms. The molecule has 0 unspecified atom stereocenters. The summed E-state index contributed by atoms with van der Waals surface area (Å²) >= 11 is 0. The molecule has 0 amide bonds. The van der Waals surface area contributed by atoms with Crippen LogP contribution in [0.4, 0.5) is 0 Å². The molecule has 3 heterocycles. The lowest BCUT2D eigenvalue weighted by Gasteiger charge is -2.35. The SMILES string of the molecule is CCCN1C[C@@H]2CC[C@H]1CN(S(=O)(=O)N(C)Cc1ccccc1)C2. The van der Waals surface area contributed by atoms with Gasteiger partial charge in [0.15, 0.2) is 0 Å². The quantitative estimate of drug-likeness (QED) is 0.789. The summed E-state index contributed by atoms with van der Waals surface area (Å²) in [5.41, 5.74) is 1.02. The molecule has 1 aromatic rings. The molecule has 5 nitrogen and oxygen atoms in total. The van der Waals surface area contributed by atoms with Crippen LogP contribution in [0.1, 0.15) is 31.7 Å². The number of hydrogen-bond donors (Lipinski definition) is 0. The molecule has 0 aromatic heterocycles. The van der Waals surface area contributed by atoms with Crippen LogP contribution in [0.25, 0.3) is 0 Å². The van der Waals surface area contributed by atoms with Gasteiger partial charge in [-0.3, -0.25) is 4.90 Å². The Balaban J connectivity index is 1.72. The first-order chi connectivity index (χ1) is 11.5. The molecule has 3 aliphatic rings. The predicted molar refractivity (Wildman–Crippen MR) is 96.8 cm³/mol. The van der Waals surface area contributed by atoms with Crippen molar-refractivity contribution in [3.63, 3.8) is 0 Å². The Morgan fingerprint density at radius 3 is 2.58 bits per heavy atom. The number of nitrogens with zero attached hydrogens (tertiary/aromatic N) is 3. The maximum Gasteiger partial charge on any atom is 0.282 e. The van der Waals surface area contributed by atoms with Gasteiger partial charge in [-0.1, -0.05) is 37.3 Å². The van der Waals surface area contributed by atoms with Crippen LogP contribution in [0, 0.1) is 5.92 Å². The Kier molecular flexibility index (Phi) is 5.59. The van der Waals surface area contributed by atoms with Crippen molar-refractivity contribution in [2.24, 2.45) is 5.92 Å². The average Bonchev–Trinajstić information content (AvgIpc) is 2.88. The molecule has 24 heavy (non-hydrogen) atoms. The molecular weight excluding hydrogens is 322 g/mol. The average molecular weight is 352 g/mol. The number of hydrogen-bond acceptors (Lipinski definition) is 3. The van der Waals surface area contributed by atoms with Crippen LogP contribution < -0.4 is 0 Å². The van der Waals surface area contributed by atoms with E-state index in [1.807, 2.05) is 30.3 Å². The molecule has 4 rings (SSSR count). The molecule has 0 radical (unpaired) electrons. The second-order valence-corrected chi connectivity index (χ2v) is 9.19. The Hall–Kier alpha value is -0.950. The van der Waals surface area contributed by atoms with Crippen molar-refractivity contribution in [2.75, 3.05) is 33.2 Å². The van der Waals surface area contributed by atoms with Gasteiger partial charge in [0.1, 0.15) is 0 Å². The molecular formula is C18H29N3O2S. The summed E-state index contributed by atoms with van der Waals surface area (Å²) in [5.74, 6) is 0.468. The highest BCUT2D eigenvalue weighted by Crippen LogP contribution is 2.30. The van der Waals surface area contributed by atoms with Gasteiger partial charge in [-0.05, 0) is 37.3 Å². The van der Waals surface area contributed by atoms with E-state index in [9.17, 15) is 8.42 Å². The second-order valence-electron chi connectivity index (χ2n) is 7.16. The fourth-order valence-electron chi connectivity index (χ4n) is 4.00. The summed E-state index contributed by atoms with van der Waals surface area (Å²) in [6, 6.07) is 10.2. The molecule has 134 valence electrons. The van der Waals surface area contributed by atoms with Crippen molar-refractivity contribution in [2.45, 2.75) is 38.8 Å². The third-order valence-corrected chi connectivity index (χ3v) is 7.14. The van der Waals surface area contributed by atoms with Gasteiger partial charge >= 0.3 is 0 Å². The van der Waals surface area contributed by atoms with E-state index < -0.39 is 10.2 Å². The largest absolute Gasteiger partial charge is 0.299 e. The van der Waals surface area contributed by atoms with E-state index in [1.165, 1.54) is 4.31 Å². The van der Waals surface area contributed by atoms with Crippen molar-refractivity contribution >= 4 is 10.2 Å². The van der Waals surface area contributed by atoms with Crippen LogP contribution in [0.2, 0.25) is 0 Å². The first kappa shape index (κ1) is 17.9. The van der Waals surface area contributed by atoms with Crippen molar-refractivity contribution in [3.8, 4) is 0 Å². The van der Waals surface area contributed by atoms with Crippen molar-refractivity contribution in [1.29, 1.82) is 0 Å². The second kappa shape index (κ2) is 7.52. The monoisotopic (exact) mass is 351 g/mol. The Bertz CT molecular complexity index is 635. The first-order valence-electron chi connectivity index (χ1n) is 9.00. The number of rotatable bonds is 6. The number of piperidine rings is 1. The highest BCUT2D eigenvalue weighted by Gasteiger charge is 2.39. The van der Waals surface area contributed by atoms with Gasteiger partial charge < -0.3 is 0 Å². The molecule has 3 fully saturated rings. The van der Waals surface area contributed by atoms with Crippen LogP contribution >= 0.6 is 0 Å². The van der Waals surface area contributed by atoms with Gasteiger partial charge in [0.25, 0.3) is 10.2 Å². The van der Waals surface area contributed by atoms with E-state index in [2.05, 4.69) is 11.8 Å². The molecule has 3 aliphatic heterocycles. The number of fused-ring (bicyclic) bond motifs is 4. The fraction of sp³-hybridized carbons (Fsp3) is 0.667. The summed E-state index contributed by atoms with van der Waals surface area (Å²) in [6.45, 7) is 6.05. The molecule has 1 aromatic carbocycles. The molecule has 0 N–H and O–H groups in total. The van der Waals surface area contributed by atoms with Crippen LogP contribution in [-0.4, -0.2) is 61.2 Å². The smallest absolute Gasteiger partial charge is 0.282 e. The minimum atomic E-state index is -3.41. The van der Waals surface area contributed by atoms with Crippen molar-refractivity contribution in [1.82, 2.24) is 13.5 Å². The van der Waals surface area contributed by atoms with E-state index in [1.54, 1.807) is 11.4 Å². The molecule has 0 saturated carbocycles. The Morgan fingerprint density at radius 1 is 1.12 bits per heavy atom. The third-order valence-electron chi connectivity index (χ3n) is 5.27. The van der Waals surface area contributed by atoms with Crippen molar-refractivity contribution in [3.05, 3.63) is 35.9 Å². The maximum absolute atomic E-state index is 13.1. The fourth-order valence-corrected chi connectivity index (χ4v) is 5.47. The lowest BCUT2D eigenvalue weighted by Crippen LogP contribution is -2.46. The summed E-state index contributed by atoms with van der Waals surface area (Å²) in [6.07, 6.45) is 3.41. The highest BCUT2D eigenvalue weighted by molar-refractivity contribution is 7.86. The van der Waals surface area contributed by atoms with E-state index >= 15 is 0 Å². The lowest BCUT2D eigenvalue weighted by molar-refractivity contribution is 0.133. The van der Waals surface area contributed by atoms with Gasteiger partial charge in [0, 0.05) is 39.3 Å². The Morgan fingerprint density at radius 2 is 1.88 bits per heavy atom. The topological polar surface area (TPSA) is 43.9 Å². The number of benzene rings is 1. The standard InChI is InChI=1S/C18H29N3O2S/c1-3-11-20-13-17-9-10-18(20)15-21(14-17)24(22,23)19(2)12-16-7-5-4-6-8-16/h4-8,17-18H,3,9-15H2,1-2H3/t17-,18-/m0/s1. The molecule has 6 heteroatoms.